The van der Waals surface area contributed by atoms with Crippen molar-refractivity contribution in [2.24, 2.45) is 0 Å². The van der Waals surface area contributed by atoms with Crippen molar-refractivity contribution in [1.82, 2.24) is 10.0 Å². The molecule has 0 radical (unpaired) electrons. The van der Waals surface area contributed by atoms with Crippen molar-refractivity contribution in [2.75, 3.05) is 11.5 Å². The van der Waals surface area contributed by atoms with E-state index in [2.05, 4.69) is 4.98 Å². The van der Waals surface area contributed by atoms with Gasteiger partial charge in [-0.3, -0.25) is 4.84 Å². The largest absolute Gasteiger partial charge is 0.416 e. The molecule has 6 nitrogen and oxygen atoms in total. The number of alkyl halides is 3. The number of aromatic nitrogens is 1. The molecule has 0 spiro atoms. The third-order valence-corrected chi connectivity index (χ3v) is 3.27. The van der Waals surface area contributed by atoms with E-state index in [4.69, 9.17) is 4.84 Å². The molecule has 1 aromatic rings. The number of hydroxylamine groups is 2. The topological polar surface area (TPSA) is 65.9 Å². The molecule has 2 fully saturated rings. The number of aliphatic hydroxyl groups excluding tert-OH is 1. The molecule has 2 atom stereocenters. The molecule has 0 bridgehead atoms. The molecule has 0 saturated carbocycles. The average Bonchev–Trinajstić information content (AvgIpc) is 2.94. The van der Waals surface area contributed by atoms with Crippen LogP contribution in [0.5, 0.6) is 0 Å². The number of fused-ring (bicyclic) bond motifs is 1. The maximum atomic E-state index is 12.7. The lowest BCUT2D eigenvalue weighted by atomic mass is 10.2. The Morgan fingerprint density at radius 3 is 2.85 bits per heavy atom. The van der Waals surface area contributed by atoms with Crippen LogP contribution in [0.25, 0.3) is 0 Å². The molecule has 108 valence electrons. The zero-order valence-electron chi connectivity index (χ0n) is 10.0. The molecule has 2 aliphatic rings. The average molecular weight is 289 g/mol. The predicted molar refractivity (Wildman–Crippen MR) is 59.3 cm³/mol. The van der Waals surface area contributed by atoms with Crippen LogP contribution in [0.15, 0.2) is 18.3 Å². The molecule has 0 aromatic carbocycles. The molecule has 1 N–H and O–H groups in total. The highest BCUT2D eigenvalue weighted by Crippen LogP contribution is 2.35. The van der Waals surface area contributed by atoms with Gasteiger partial charge in [-0.2, -0.15) is 18.2 Å². The standard InChI is InChI=1S/C11H10F3N3O3/c12-11(13,14)6-1-3-15-8(5-6)16-9(18)7-2-4-20-17(7)10(16)19/h1,3,5,7,9,18H,2,4H2. The Balaban J connectivity index is 1.95. The Morgan fingerprint density at radius 2 is 2.20 bits per heavy atom. The van der Waals surface area contributed by atoms with Crippen LogP contribution in [0.4, 0.5) is 23.8 Å². The van der Waals surface area contributed by atoms with Gasteiger partial charge in [0, 0.05) is 12.6 Å². The van der Waals surface area contributed by atoms with Gasteiger partial charge < -0.3 is 5.11 Å². The van der Waals surface area contributed by atoms with Crippen LogP contribution >= 0.6 is 0 Å². The highest BCUT2D eigenvalue weighted by molar-refractivity contribution is 5.93. The summed E-state index contributed by atoms with van der Waals surface area (Å²) in [5, 5.41) is 11.0. The minimum absolute atomic E-state index is 0.254. The molecule has 2 aliphatic heterocycles. The summed E-state index contributed by atoms with van der Waals surface area (Å²) in [5.41, 5.74) is -0.935. The lowest BCUT2D eigenvalue weighted by Crippen LogP contribution is -2.37. The summed E-state index contributed by atoms with van der Waals surface area (Å²) in [6, 6.07) is 0.225. The maximum absolute atomic E-state index is 12.7. The molecular formula is C11H10F3N3O3. The van der Waals surface area contributed by atoms with Gasteiger partial charge in [0.2, 0.25) is 0 Å². The SMILES string of the molecule is O=C1N2OCCC2C(O)N1c1cc(C(F)(F)F)ccn1. The van der Waals surface area contributed by atoms with Crippen molar-refractivity contribution in [3.8, 4) is 0 Å². The highest BCUT2D eigenvalue weighted by Gasteiger charge is 2.50. The number of halogens is 3. The van der Waals surface area contributed by atoms with Crippen molar-refractivity contribution in [3.05, 3.63) is 23.9 Å². The highest BCUT2D eigenvalue weighted by atomic mass is 19.4. The number of amides is 2. The van der Waals surface area contributed by atoms with Gasteiger partial charge in [0.1, 0.15) is 11.9 Å². The van der Waals surface area contributed by atoms with E-state index in [9.17, 15) is 23.1 Å². The van der Waals surface area contributed by atoms with Gasteiger partial charge in [0.15, 0.2) is 6.23 Å². The normalized spacial score (nSPS) is 26.3. The van der Waals surface area contributed by atoms with Crippen LogP contribution in [0.1, 0.15) is 12.0 Å². The predicted octanol–water partition coefficient (Wildman–Crippen LogP) is 1.36. The van der Waals surface area contributed by atoms with E-state index >= 15 is 0 Å². The number of hydrogen-bond donors (Lipinski definition) is 1. The first-order valence-corrected chi connectivity index (χ1v) is 5.86. The fourth-order valence-electron chi connectivity index (χ4n) is 2.30. The van der Waals surface area contributed by atoms with Gasteiger partial charge in [0.05, 0.1) is 12.2 Å². The summed E-state index contributed by atoms with van der Waals surface area (Å²) < 4.78 is 38.0. The number of urea groups is 1. The van der Waals surface area contributed by atoms with E-state index in [1.54, 1.807) is 0 Å². The van der Waals surface area contributed by atoms with Crippen molar-refractivity contribution in [2.45, 2.75) is 24.9 Å². The summed E-state index contributed by atoms with van der Waals surface area (Å²) in [6.07, 6.45) is -4.45. The van der Waals surface area contributed by atoms with Gasteiger partial charge in [-0.05, 0) is 12.1 Å². The molecule has 9 heteroatoms. The summed E-state index contributed by atoms with van der Waals surface area (Å²) in [7, 11) is 0. The second-order valence-corrected chi connectivity index (χ2v) is 4.48. The first-order chi connectivity index (χ1) is 9.39. The van der Waals surface area contributed by atoms with Crippen LogP contribution in [0.3, 0.4) is 0 Å². The van der Waals surface area contributed by atoms with E-state index in [0.717, 1.165) is 28.3 Å². The number of carbonyl (C=O) groups is 1. The van der Waals surface area contributed by atoms with Gasteiger partial charge in [-0.1, -0.05) is 0 Å². The van der Waals surface area contributed by atoms with Crippen molar-refractivity contribution < 1.29 is 27.9 Å². The van der Waals surface area contributed by atoms with E-state index in [-0.39, 0.29) is 12.4 Å². The van der Waals surface area contributed by atoms with Gasteiger partial charge in [-0.25, -0.2) is 14.7 Å². The first-order valence-electron chi connectivity index (χ1n) is 5.86. The molecule has 2 unspecified atom stereocenters. The van der Waals surface area contributed by atoms with Crippen LogP contribution in [0.2, 0.25) is 0 Å². The molecule has 2 amide bonds. The van der Waals surface area contributed by atoms with Gasteiger partial charge in [-0.15, -0.1) is 0 Å². The number of carbonyl (C=O) groups excluding carboxylic acids is 1. The molecule has 2 saturated heterocycles. The quantitative estimate of drug-likeness (QED) is 0.848. The number of nitrogens with zero attached hydrogens (tertiary/aromatic N) is 3. The Bertz CT molecular complexity index is 551. The van der Waals surface area contributed by atoms with Crippen LogP contribution < -0.4 is 4.90 Å². The van der Waals surface area contributed by atoms with Crippen LogP contribution in [0, 0.1) is 0 Å². The zero-order chi connectivity index (χ0) is 14.5. The van der Waals surface area contributed by atoms with Crippen molar-refractivity contribution in [1.29, 1.82) is 0 Å². The van der Waals surface area contributed by atoms with Gasteiger partial charge >= 0.3 is 12.2 Å². The number of hydrogen-bond acceptors (Lipinski definition) is 4. The van der Waals surface area contributed by atoms with E-state index < -0.39 is 30.0 Å². The maximum Gasteiger partial charge on any atom is 0.416 e. The van der Waals surface area contributed by atoms with E-state index in [1.807, 2.05) is 0 Å². The summed E-state index contributed by atoms with van der Waals surface area (Å²) >= 11 is 0. The smallest absolute Gasteiger partial charge is 0.371 e. The van der Waals surface area contributed by atoms with Crippen molar-refractivity contribution >= 4 is 11.8 Å². The molecule has 3 heterocycles. The third-order valence-electron chi connectivity index (χ3n) is 3.27. The Labute approximate surface area is 111 Å². The Morgan fingerprint density at radius 1 is 1.45 bits per heavy atom. The van der Waals surface area contributed by atoms with Crippen LogP contribution in [-0.2, 0) is 11.0 Å². The minimum atomic E-state index is -4.54. The van der Waals surface area contributed by atoms with Gasteiger partial charge in [0.25, 0.3) is 0 Å². The Kier molecular flexibility index (Phi) is 2.83. The first kappa shape index (κ1) is 13.1. The van der Waals surface area contributed by atoms with Crippen molar-refractivity contribution in [3.63, 3.8) is 0 Å². The second kappa shape index (κ2) is 4.32. The fraction of sp³-hybridized carbons (Fsp3) is 0.455. The van der Waals surface area contributed by atoms with E-state index in [1.165, 1.54) is 0 Å². The van der Waals surface area contributed by atoms with Crippen LogP contribution in [-0.4, -0.2) is 40.1 Å². The second-order valence-electron chi connectivity index (χ2n) is 4.48. The summed E-state index contributed by atoms with van der Waals surface area (Å²) in [5.74, 6) is -0.254. The number of pyridine rings is 1. The third kappa shape index (κ3) is 1.90. The summed E-state index contributed by atoms with van der Waals surface area (Å²) in [4.78, 5) is 21.6. The Hall–Kier alpha value is -1.87. The zero-order valence-corrected chi connectivity index (χ0v) is 10.0. The summed E-state index contributed by atoms with van der Waals surface area (Å²) in [6.45, 7) is 0.289. The number of rotatable bonds is 1. The number of anilines is 1. The minimum Gasteiger partial charge on any atom is -0.371 e. The number of aliphatic hydroxyl groups is 1. The lowest BCUT2D eigenvalue weighted by molar-refractivity contribution is -0.137. The molecule has 20 heavy (non-hydrogen) atoms. The molecule has 1 aromatic heterocycles. The molecule has 3 rings (SSSR count). The fourth-order valence-corrected chi connectivity index (χ4v) is 2.30. The van der Waals surface area contributed by atoms with E-state index in [0.29, 0.717) is 6.42 Å². The molecular weight excluding hydrogens is 279 g/mol. The molecule has 0 aliphatic carbocycles. The lowest BCUT2D eigenvalue weighted by Gasteiger charge is -2.20. The monoisotopic (exact) mass is 289 g/mol.